The second kappa shape index (κ2) is 5.19. The summed E-state index contributed by atoms with van der Waals surface area (Å²) in [5.41, 5.74) is 3.27. The molecule has 2 rings (SSSR count). The number of nitriles is 1. The number of hydrogen-bond acceptors (Lipinski definition) is 4. The first-order valence-corrected chi connectivity index (χ1v) is 5.51. The average molecular weight is 239 g/mol. The van der Waals surface area contributed by atoms with Gasteiger partial charge in [0, 0.05) is 6.07 Å². The summed E-state index contributed by atoms with van der Waals surface area (Å²) < 4.78 is 4.99. The van der Waals surface area contributed by atoms with Crippen molar-refractivity contribution in [3.63, 3.8) is 0 Å². The van der Waals surface area contributed by atoms with Crippen LogP contribution in [0.1, 0.15) is 11.1 Å². The van der Waals surface area contributed by atoms with E-state index in [0.29, 0.717) is 11.4 Å². The first kappa shape index (κ1) is 11.9. The Kier molecular flexibility index (Phi) is 3.44. The summed E-state index contributed by atoms with van der Waals surface area (Å²) in [5.74, 6) is 0.560. The number of rotatable bonds is 3. The summed E-state index contributed by atoms with van der Waals surface area (Å²) in [6.45, 7) is 1.96. The lowest BCUT2D eigenvalue weighted by Gasteiger charge is -2.08. The molecule has 1 heterocycles. The van der Waals surface area contributed by atoms with E-state index in [2.05, 4.69) is 16.4 Å². The molecule has 0 unspecified atom stereocenters. The van der Waals surface area contributed by atoms with Gasteiger partial charge in [0.1, 0.15) is 6.07 Å². The molecule has 0 aliphatic rings. The predicted octanol–water partition coefficient (Wildman–Crippen LogP) is 3.01. The summed E-state index contributed by atoms with van der Waals surface area (Å²) >= 11 is 0. The molecule has 0 saturated heterocycles. The summed E-state index contributed by atoms with van der Waals surface area (Å²) in [5, 5.41) is 12.2. The van der Waals surface area contributed by atoms with Gasteiger partial charge < -0.3 is 10.1 Å². The van der Waals surface area contributed by atoms with Crippen molar-refractivity contribution in [2.24, 2.45) is 0 Å². The van der Waals surface area contributed by atoms with Gasteiger partial charge >= 0.3 is 0 Å². The van der Waals surface area contributed by atoms with Gasteiger partial charge in [0.25, 0.3) is 0 Å². The number of aryl methyl sites for hydroxylation is 1. The lowest BCUT2D eigenvalue weighted by molar-refractivity contribution is 0.398. The van der Waals surface area contributed by atoms with Crippen LogP contribution in [0.2, 0.25) is 0 Å². The molecule has 90 valence electrons. The lowest BCUT2D eigenvalue weighted by Crippen LogP contribution is -1.95. The van der Waals surface area contributed by atoms with Crippen molar-refractivity contribution < 1.29 is 4.74 Å². The van der Waals surface area contributed by atoms with E-state index < -0.39 is 0 Å². The van der Waals surface area contributed by atoms with Crippen molar-refractivity contribution in [2.75, 3.05) is 12.4 Å². The lowest BCUT2D eigenvalue weighted by atomic mass is 10.1. The first-order valence-electron chi connectivity index (χ1n) is 5.51. The highest BCUT2D eigenvalue weighted by Gasteiger charge is 2.03. The van der Waals surface area contributed by atoms with Crippen LogP contribution in [0.5, 0.6) is 5.88 Å². The molecule has 0 saturated carbocycles. The van der Waals surface area contributed by atoms with Crippen molar-refractivity contribution in [2.45, 2.75) is 6.92 Å². The van der Waals surface area contributed by atoms with Crippen molar-refractivity contribution >= 4 is 11.4 Å². The second-order valence-electron chi connectivity index (χ2n) is 3.88. The van der Waals surface area contributed by atoms with E-state index in [1.165, 1.54) is 0 Å². The van der Waals surface area contributed by atoms with Crippen molar-refractivity contribution in [1.29, 1.82) is 5.26 Å². The van der Waals surface area contributed by atoms with Crippen LogP contribution in [0.15, 0.2) is 36.5 Å². The molecule has 4 nitrogen and oxygen atoms in total. The number of nitrogens with zero attached hydrogens (tertiary/aromatic N) is 2. The molecule has 0 atom stereocenters. The maximum atomic E-state index is 9.08. The minimum atomic E-state index is 0.560. The van der Waals surface area contributed by atoms with Gasteiger partial charge in [0.15, 0.2) is 0 Å². The van der Waals surface area contributed by atoms with E-state index >= 15 is 0 Å². The van der Waals surface area contributed by atoms with E-state index in [1.807, 2.05) is 31.2 Å². The Morgan fingerprint density at radius 1 is 1.28 bits per heavy atom. The smallest absolute Gasteiger partial charge is 0.213 e. The Hall–Kier alpha value is -2.54. The third kappa shape index (κ3) is 2.58. The van der Waals surface area contributed by atoms with Crippen LogP contribution in [-0.4, -0.2) is 12.1 Å². The molecule has 0 radical (unpaired) electrons. The van der Waals surface area contributed by atoms with Gasteiger partial charge in [-0.2, -0.15) is 5.26 Å². The minimum Gasteiger partial charge on any atom is -0.481 e. The molecular formula is C14H13N3O. The van der Waals surface area contributed by atoms with Crippen LogP contribution >= 0.6 is 0 Å². The van der Waals surface area contributed by atoms with E-state index in [4.69, 9.17) is 10.00 Å². The predicted molar refractivity (Wildman–Crippen MR) is 70.0 cm³/mol. The van der Waals surface area contributed by atoms with Crippen LogP contribution in [0.4, 0.5) is 11.4 Å². The van der Waals surface area contributed by atoms with Gasteiger partial charge in [-0.25, -0.2) is 4.98 Å². The van der Waals surface area contributed by atoms with Gasteiger partial charge in [-0.15, -0.1) is 0 Å². The van der Waals surface area contributed by atoms with Gasteiger partial charge in [0.05, 0.1) is 30.2 Å². The molecule has 0 aliphatic carbocycles. The highest BCUT2D eigenvalue weighted by molar-refractivity contribution is 5.66. The summed E-state index contributed by atoms with van der Waals surface area (Å²) in [7, 11) is 1.57. The van der Waals surface area contributed by atoms with Crippen LogP contribution in [0.3, 0.4) is 0 Å². The van der Waals surface area contributed by atoms with Gasteiger partial charge in [-0.05, 0) is 30.7 Å². The summed E-state index contributed by atoms with van der Waals surface area (Å²) in [6.07, 6.45) is 1.67. The molecule has 4 heteroatoms. The Balaban J connectivity index is 2.25. The minimum absolute atomic E-state index is 0.560. The maximum Gasteiger partial charge on any atom is 0.213 e. The second-order valence-corrected chi connectivity index (χ2v) is 3.88. The summed E-state index contributed by atoms with van der Waals surface area (Å²) in [4.78, 5) is 4.10. The zero-order valence-corrected chi connectivity index (χ0v) is 10.3. The maximum absolute atomic E-state index is 9.08. The number of methoxy groups -OCH3 is 1. The van der Waals surface area contributed by atoms with Crippen LogP contribution in [0.25, 0.3) is 0 Å². The molecule has 1 N–H and O–H groups in total. The monoisotopic (exact) mass is 239 g/mol. The molecule has 0 aliphatic heterocycles. The number of pyridine rings is 1. The molecule has 2 aromatic rings. The highest BCUT2D eigenvalue weighted by atomic mass is 16.5. The van der Waals surface area contributed by atoms with Crippen molar-refractivity contribution in [3.8, 4) is 11.9 Å². The van der Waals surface area contributed by atoms with E-state index in [0.717, 1.165) is 16.9 Å². The fraction of sp³-hybridized carbons (Fsp3) is 0.143. The normalized spacial score (nSPS) is 9.61. The Morgan fingerprint density at radius 2 is 2.11 bits per heavy atom. The van der Waals surface area contributed by atoms with Crippen molar-refractivity contribution in [3.05, 3.63) is 47.7 Å². The number of nitrogens with one attached hydrogen (secondary N) is 1. The molecule has 0 spiro atoms. The van der Waals surface area contributed by atoms with E-state index in [1.54, 1.807) is 19.4 Å². The Labute approximate surface area is 106 Å². The Bertz CT molecular complexity index is 585. The molecule has 0 bridgehead atoms. The molecule has 18 heavy (non-hydrogen) atoms. The van der Waals surface area contributed by atoms with Gasteiger partial charge in [0.2, 0.25) is 5.88 Å². The Morgan fingerprint density at radius 3 is 2.72 bits per heavy atom. The largest absolute Gasteiger partial charge is 0.481 e. The zero-order chi connectivity index (χ0) is 13.0. The van der Waals surface area contributed by atoms with E-state index in [-0.39, 0.29) is 0 Å². The number of benzene rings is 1. The van der Waals surface area contributed by atoms with Crippen LogP contribution in [0, 0.1) is 18.3 Å². The third-order valence-corrected chi connectivity index (χ3v) is 2.52. The third-order valence-electron chi connectivity index (χ3n) is 2.52. The van der Waals surface area contributed by atoms with Crippen LogP contribution < -0.4 is 10.1 Å². The molecule has 1 aromatic carbocycles. The average Bonchev–Trinajstić information content (AvgIpc) is 2.41. The number of ether oxygens (including phenoxy) is 1. The SMILES string of the molecule is COc1ccc(Nc2ccc(C)cc2C#N)cn1. The van der Waals surface area contributed by atoms with Crippen LogP contribution in [-0.2, 0) is 0 Å². The fourth-order valence-electron chi connectivity index (χ4n) is 1.59. The quantitative estimate of drug-likeness (QED) is 0.894. The van der Waals surface area contributed by atoms with E-state index in [9.17, 15) is 0 Å². The van der Waals surface area contributed by atoms with Gasteiger partial charge in [-0.1, -0.05) is 6.07 Å². The standard InChI is InChI=1S/C14H13N3O/c1-10-3-5-13(11(7-10)8-15)17-12-4-6-14(18-2)16-9-12/h3-7,9,17H,1-2H3. The molecule has 0 amide bonds. The molecule has 1 aromatic heterocycles. The number of aromatic nitrogens is 1. The highest BCUT2D eigenvalue weighted by Crippen LogP contribution is 2.22. The van der Waals surface area contributed by atoms with Crippen molar-refractivity contribution in [1.82, 2.24) is 4.98 Å². The topological polar surface area (TPSA) is 57.9 Å². The molecular weight excluding hydrogens is 226 g/mol. The zero-order valence-electron chi connectivity index (χ0n) is 10.3. The summed E-state index contributed by atoms with van der Waals surface area (Å²) in [6, 6.07) is 11.5. The number of anilines is 2. The fourth-order valence-corrected chi connectivity index (χ4v) is 1.59. The first-order chi connectivity index (χ1) is 8.72. The molecule has 0 fully saturated rings. The number of hydrogen-bond donors (Lipinski definition) is 1. The van der Waals surface area contributed by atoms with Gasteiger partial charge in [-0.3, -0.25) is 0 Å².